The number of hydrogen-bond donors (Lipinski definition) is 2. The molecule has 0 radical (unpaired) electrons. The molecule has 1 aromatic heterocycles. The molecule has 33 heavy (non-hydrogen) atoms. The van der Waals surface area contributed by atoms with Gasteiger partial charge in [0.2, 0.25) is 10.0 Å². The summed E-state index contributed by atoms with van der Waals surface area (Å²) in [5.41, 5.74) is 0.943. The summed E-state index contributed by atoms with van der Waals surface area (Å²) in [4.78, 5) is 18.2. The van der Waals surface area contributed by atoms with E-state index in [9.17, 15) is 13.2 Å². The number of aromatic nitrogens is 1. The first-order valence-electron chi connectivity index (χ1n) is 12.2. The van der Waals surface area contributed by atoms with Crippen LogP contribution in [0.25, 0.3) is 0 Å². The number of nitrogens with one attached hydrogen (secondary N) is 2. The van der Waals surface area contributed by atoms with E-state index in [1.165, 1.54) is 0 Å². The van der Waals surface area contributed by atoms with Crippen molar-refractivity contribution >= 4 is 16.1 Å². The molecule has 2 aliphatic rings. The number of nitrogens with zero attached hydrogens (tertiary/aromatic N) is 3. The fourth-order valence-electron chi connectivity index (χ4n) is 4.15. The molecule has 1 aromatic rings. The molecule has 1 saturated heterocycles. The molecule has 2 heterocycles. The Morgan fingerprint density at radius 3 is 2.67 bits per heavy atom. The summed E-state index contributed by atoms with van der Waals surface area (Å²) in [6.45, 7) is 5.92. The second-order valence-corrected chi connectivity index (χ2v) is 10.9. The molecular formula is C23H39N5O4S. The van der Waals surface area contributed by atoms with E-state index in [0.29, 0.717) is 26.1 Å². The second-order valence-electron chi connectivity index (χ2n) is 8.85. The molecule has 0 bridgehead atoms. The third-order valence-corrected chi connectivity index (χ3v) is 8.34. The highest BCUT2D eigenvalue weighted by Gasteiger charge is 2.33. The van der Waals surface area contributed by atoms with Gasteiger partial charge in [-0.3, -0.25) is 9.88 Å². The van der Waals surface area contributed by atoms with Gasteiger partial charge in [-0.05, 0) is 50.3 Å². The van der Waals surface area contributed by atoms with Gasteiger partial charge < -0.3 is 15.4 Å². The molecular weight excluding hydrogens is 442 g/mol. The van der Waals surface area contributed by atoms with E-state index in [1.54, 1.807) is 16.7 Å². The van der Waals surface area contributed by atoms with Crippen LogP contribution in [0.2, 0.25) is 0 Å². The van der Waals surface area contributed by atoms with Crippen molar-refractivity contribution in [3.63, 3.8) is 0 Å². The number of carbonyl (C=O) groups excluding carboxylic acids is 1. The van der Waals surface area contributed by atoms with Crippen molar-refractivity contribution in [3.8, 4) is 0 Å². The molecule has 1 aliphatic heterocycles. The summed E-state index contributed by atoms with van der Waals surface area (Å²) < 4.78 is 33.2. The minimum absolute atomic E-state index is 0.185. The first-order chi connectivity index (χ1) is 16.0. The zero-order valence-corrected chi connectivity index (χ0v) is 20.4. The minimum atomic E-state index is -3.24. The molecule has 10 heteroatoms. The molecule has 3 rings (SSSR count). The Morgan fingerprint density at radius 2 is 1.97 bits per heavy atom. The van der Waals surface area contributed by atoms with Gasteiger partial charge in [0, 0.05) is 51.2 Å². The fourth-order valence-corrected chi connectivity index (χ4v) is 6.03. The van der Waals surface area contributed by atoms with Gasteiger partial charge in [0.25, 0.3) is 0 Å². The van der Waals surface area contributed by atoms with Gasteiger partial charge >= 0.3 is 6.03 Å². The van der Waals surface area contributed by atoms with Crippen LogP contribution in [0.3, 0.4) is 0 Å². The lowest BCUT2D eigenvalue weighted by Gasteiger charge is -2.37. The van der Waals surface area contributed by atoms with Crippen LogP contribution in [0.15, 0.2) is 24.5 Å². The Labute approximate surface area is 198 Å². The van der Waals surface area contributed by atoms with Gasteiger partial charge in [0.1, 0.15) is 0 Å². The van der Waals surface area contributed by atoms with Crippen molar-refractivity contribution in [2.24, 2.45) is 0 Å². The Hall–Kier alpha value is -1.75. The number of morpholine rings is 1. The van der Waals surface area contributed by atoms with Crippen molar-refractivity contribution < 1.29 is 17.9 Å². The Kier molecular flexibility index (Phi) is 10.8. The fraction of sp³-hybridized carbons (Fsp3) is 0.739. The van der Waals surface area contributed by atoms with E-state index in [0.717, 1.165) is 76.9 Å². The predicted octanol–water partition coefficient (Wildman–Crippen LogP) is 1.96. The van der Waals surface area contributed by atoms with E-state index in [2.05, 4.69) is 20.5 Å². The number of urea groups is 1. The predicted molar refractivity (Wildman–Crippen MR) is 128 cm³/mol. The summed E-state index contributed by atoms with van der Waals surface area (Å²) in [7, 11) is -3.24. The lowest BCUT2D eigenvalue weighted by Crippen LogP contribution is -2.46. The molecule has 9 nitrogen and oxygen atoms in total. The topological polar surface area (TPSA) is 104 Å². The smallest absolute Gasteiger partial charge is 0.315 e. The van der Waals surface area contributed by atoms with Crippen molar-refractivity contribution in [1.82, 2.24) is 24.8 Å². The maximum absolute atomic E-state index is 13.0. The minimum Gasteiger partial charge on any atom is -0.379 e. The van der Waals surface area contributed by atoms with E-state index in [-0.39, 0.29) is 17.8 Å². The van der Waals surface area contributed by atoms with E-state index < -0.39 is 10.0 Å². The standard InChI is InChI=1S/C23H39N5O4S/c29-23(26-20-21-7-5-10-24-19-21)25-11-2-1-3-18-33(30,31)28(22-8-4-9-22)13-6-12-27-14-16-32-17-15-27/h5,7,10,19,22H,1-4,6,8-9,11-18,20H2,(H2,25,26,29). The number of rotatable bonds is 14. The maximum atomic E-state index is 13.0. The van der Waals surface area contributed by atoms with Crippen molar-refractivity contribution in [2.75, 3.05) is 51.7 Å². The number of unbranched alkanes of at least 4 members (excludes halogenated alkanes) is 2. The summed E-state index contributed by atoms with van der Waals surface area (Å²) in [6, 6.07) is 3.70. The van der Waals surface area contributed by atoms with Crippen LogP contribution in [0, 0.1) is 0 Å². The van der Waals surface area contributed by atoms with Crippen LogP contribution in [0.4, 0.5) is 4.79 Å². The first-order valence-corrected chi connectivity index (χ1v) is 13.9. The number of pyridine rings is 1. The van der Waals surface area contributed by atoms with Gasteiger partial charge in [-0.15, -0.1) is 0 Å². The number of amides is 2. The summed E-state index contributed by atoms with van der Waals surface area (Å²) in [5.74, 6) is 0.189. The number of carbonyl (C=O) groups is 1. The highest BCUT2D eigenvalue weighted by atomic mass is 32.2. The molecule has 0 unspecified atom stereocenters. The monoisotopic (exact) mass is 481 g/mol. The zero-order valence-electron chi connectivity index (χ0n) is 19.6. The Bertz CT molecular complexity index is 798. The lowest BCUT2D eigenvalue weighted by molar-refractivity contribution is 0.0363. The average molecular weight is 482 g/mol. The number of sulfonamides is 1. The van der Waals surface area contributed by atoms with Crippen molar-refractivity contribution in [1.29, 1.82) is 0 Å². The Morgan fingerprint density at radius 1 is 1.15 bits per heavy atom. The summed E-state index contributed by atoms with van der Waals surface area (Å²) in [5, 5.41) is 5.62. The van der Waals surface area contributed by atoms with Crippen molar-refractivity contribution in [2.45, 2.75) is 57.5 Å². The van der Waals surface area contributed by atoms with Gasteiger partial charge in [0.05, 0.1) is 19.0 Å². The quantitative estimate of drug-likeness (QED) is 0.394. The van der Waals surface area contributed by atoms with Crippen LogP contribution in [0.5, 0.6) is 0 Å². The van der Waals surface area contributed by atoms with Gasteiger partial charge in [0.15, 0.2) is 0 Å². The van der Waals surface area contributed by atoms with E-state index >= 15 is 0 Å². The molecule has 1 saturated carbocycles. The normalized spacial score (nSPS) is 17.6. The molecule has 0 atom stereocenters. The van der Waals surface area contributed by atoms with Gasteiger partial charge in [-0.1, -0.05) is 18.9 Å². The maximum Gasteiger partial charge on any atom is 0.315 e. The molecule has 2 fully saturated rings. The summed E-state index contributed by atoms with van der Waals surface area (Å²) >= 11 is 0. The largest absolute Gasteiger partial charge is 0.379 e. The molecule has 1 aliphatic carbocycles. The molecule has 0 spiro atoms. The number of hydrogen-bond acceptors (Lipinski definition) is 6. The van der Waals surface area contributed by atoms with Crippen LogP contribution in [0.1, 0.15) is 50.5 Å². The second kappa shape index (κ2) is 13.8. The third-order valence-electron chi connectivity index (χ3n) is 6.34. The van der Waals surface area contributed by atoms with Gasteiger partial charge in [-0.2, -0.15) is 4.31 Å². The molecule has 2 amide bonds. The summed E-state index contributed by atoms with van der Waals surface area (Å²) in [6.07, 6.45) is 9.52. The van der Waals surface area contributed by atoms with E-state index in [4.69, 9.17) is 4.74 Å². The highest BCUT2D eigenvalue weighted by Crippen LogP contribution is 2.28. The van der Waals surface area contributed by atoms with Crippen LogP contribution >= 0.6 is 0 Å². The lowest BCUT2D eigenvalue weighted by atomic mass is 9.93. The van der Waals surface area contributed by atoms with Crippen LogP contribution in [-0.2, 0) is 21.3 Å². The molecule has 186 valence electrons. The van der Waals surface area contributed by atoms with Crippen LogP contribution in [-0.4, -0.2) is 86.4 Å². The third kappa shape index (κ3) is 9.19. The van der Waals surface area contributed by atoms with Gasteiger partial charge in [-0.25, -0.2) is 13.2 Å². The molecule has 2 N–H and O–H groups in total. The van der Waals surface area contributed by atoms with E-state index in [1.807, 2.05) is 12.1 Å². The van der Waals surface area contributed by atoms with Crippen LogP contribution < -0.4 is 10.6 Å². The van der Waals surface area contributed by atoms with Crippen molar-refractivity contribution in [3.05, 3.63) is 30.1 Å². The SMILES string of the molecule is O=C(NCCCCCS(=O)(=O)N(CCCN1CCOCC1)C1CCC1)NCc1cccnc1. The zero-order chi connectivity index (χ0) is 23.4. The Balaban J connectivity index is 1.29. The number of ether oxygens (including phenoxy) is 1. The first kappa shape index (κ1) is 25.9. The highest BCUT2D eigenvalue weighted by molar-refractivity contribution is 7.89. The average Bonchev–Trinajstić information content (AvgIpc) is 2.79. The molecule has 0 aromatic carbocycles.